The SMILES string of the molecule is CC(C)CCOc1coc(COC(=O)Cc2cccs2)cc1=O. The number of carbonyl (C=O) groups excluding carboxylic acids is 1. The second kappa shape index (κ2) is 8.53. The van der Waals surface area contributed by atoms with Crippen molar-refractivity contribution >= 4 is 17.3 Å². The van der Waals surface area contributed by atoms with Crippen LogP contribution in [0.4, 0.5) is 0 Å². The van der Waals surface area contributed by atoms with E-state index in [4.69, 9.17) is 13.9 Å². The van der Waals surface area contributed by atoms with Crippen molar-refractivity contribution in [1.29, 1.82) is 0 Å². The average molecular weight is 336 g/mol. The number of hydrogen-bond acceptors (Lipinski definition) is 6. The Morgan fingerprint density at radius 2 is 2.22 bits per heavy atom. The summed E-state index contributed by atoms with van der Waals surface area (Å²) in [4.78, 5) is 24.5. The third-order valence-corrected chi connectivity index (χ3v) is 3.96. The molecular formula is C17H20O5S. The van der Waals surface area contributed by atoms with Crippen LogP contribution >= 0.6 is 11.3 Å². The first-order valence-corrected chi connectivity index (χ1v) is 8.35. The highest BCUT2D eigenvalue weighted by Crippen LogP contribution is 2.12. The molecular weight excluding hydrogens is 316 g/mol. The molecule has 0 N–H and O–H groups in total. The lowest BCUT2D eigenvalue weighted by Gasteiger charge is -2.08. The van der Waals surface area contributed by atoms with Crippen molar-refractivity contribution in [2.24, 2.45) is 5.92 Å². The van der Waals surface area contributed by atoms with Crippen molar-refractivity contribution in [2.75, 3.05) is 6.61 Å². The fraction of sp³-hybridized carbons (Fsp3) is 0.412. The number of ether oxygens (including phenoxy) is 2. The molecule has 0 bridgehead atoms. The van der Waals surface area contributed by atoms with Crippen LogP contribution in [-0.4, -0.2) is 12.6 Å². The Kier molecular flexibility index (Phi) is 6.40. The summed E-state index contributed by atoms with van der Waals surface area (Å²) in [6.45, 7) is 4.57. The zero-order valence-corrected chi connectivity index (χ0v) is 14.1. The monoisotopic (exact) mass is 336 g/mol. The third kappa shape index (κ3) is 5.90. The summed E-state index contributed by atoms with van der Waals surface area (Å²) in [5.74, 6) is 0.626. The van der Waals surface area contributed by atoms with Gasteiger partial charge < -0.3 is 13.9 Å². The Morgan fingerprint density at radius 3 is 2.87 bits per heavy atom. The smallest absolute Gasteiger partial charge is 0.311 e. The van der Waals surface area contributed by atoms with E-state index in [1.54, 1.807) is 0 Å². The predicted molar refractivity (Wildman–Crippen MR) is 87.7 cm³/mol. The van der Waals surface area contributed by atoms with E-state index in [1.807, 2.05) is 17.5 Å². The first kappa shape index (κ1) is 17.3. The minimum atomic E-state index is -0.354. The van der Waals surface area contributed by atoms with E-state index in [-0.39, 0.29) is 30.2 Å². The molecule has 23 heavy (non-hydrogen) atoms. The molecule has 0 radical (unpaired) electrons. The number of thiophene rings is 1. The largest absolute Gasteiger partial charge is 0.487 e. The van der Waals surface area contributed by atoms with Crippen LogP contribution < -0.4 is 10.2 Å². The van der Waals surface area contributed by atoms with Gasteiger partial charge in [-0.05, 0) is 23.8 Å². The lowest BCUT2D eigenvalue weighted by molar-refractivity contribution is -0.144. The quantitative estimate of drug-likeness (QED) is 0.691. The molecule has 0 aliphatic carbocycles. The second-order valence-corrected chi connectivity index (χ2v) is 6.55. The van der Waals surface area contributed by atoms with E-state index < -0.39 is 0 Å². The molecule has 2 aromatic rings. The van der Waals surface area contributed by atoms with Crippen molar-refractivity contribution in [3.05, 3.63) is 50.7 Å². The van der Waals surface area contributed by atoms with Crippen LogP contribution in [0.3, 0.4) is 0 Å². The van der Waals surface area contributed by atoms with Crippen molar-refractivity contribution in [3.63, 3.8) is 0 Å². The predicted octanol–water partition coefficient (Wildman–Crippen LogP) is 3.41. The Balaban J connectivity index is 1.83. The third-order valence-electron chi connectivity index (χ3n) is 3.08. The maximum Gasteiger partial charge on any atom is 0.311 e. The molecule has 0 spiro atoms. The van der Waals surface area contributed by atoms with Gasteiger partial charge in [0.1, 0.15) is 18.6 Å². The molecule has 0 saturated carbocycles. The maximum absolute atomic E-state index is 11.9. The first-order valence-electron chi connectivity index (χ1n) is 7.47. The lowest BCUT2D eigenvalue weighted by Crippen LogP contribution is -2.12. The first-order chi connectivity index (χ1) is 11.0. The molecule has 0 amide bonds. The maximum atomic E-state index is 11.9. The van der Waals surface area contributed by atoms with E-state index >= 15 is 0 Å². The van der Waals surface area contributed by atoms with Gasteiger partial charge in [-0.2, -0.15) is 0 Å². The molecule has 0 atom stereocenters. The number of hydrogen-bond donors (Lipinski definition) is 0. The molecule has 124 valence electrons. The van der Waals surface area contributed by atoms with Gasteiger partial charge in [0.15, 0.2) is 0 Å². The topological polar surface area (TPSA) is 65.7 Å². The molecule has 2 aromatic heterocycles. The zero-order chi connectivity index (χ0) is 16.7. The van der Waals surface area contributed by atoms with E-state index in [0.29, 0.717) is 18.3 Å². The van der Waals surface area contributed by atoms with Gasteiger partial charge in [-0.3, -0.25) is 9.59 Å². The minimum absolute atomic E-state index is 0.0638. The van der Waals surface area contributed by atoms with Crippen LogP contribution in [0.25, 0.3) is 0 Å². The highest BCUT2D eigenvalue weighted by Gasteiger charge is 2.09. The molecule has 2 rings (SSSR count). The standard InChI is InChI=1S/C17H20O5S/c1-12(2)5-6-20-16-11-21-13(8-15(16)18)10-22-17(19)9-14-4-3-7-23-14/h3-4,7-8,11-12H,5-6,9-10H2,1-2H3. The van der Waals surface area contributed by atoms with Gasteiger partial charge in [-0.25, -0.2) is 0 Å². The Bertz CT molecular complexity index is 673. The van der Waals surface area contributed by atoms with E-state index in [1.165, 1.54) is 23.7 Å². The highest BCUT2D eigenvalue weighted by atomic mass is 32.1. The molecule has 0 unspecified atom stereocenters. The Morgan fingerprint density at radius 1 is 1.39 bits per heavy atom. The number of esters is 1. The van der Waals surface area contributed by atoms with Crippen LogP contribution in [0.1, 0.15) is 30.9 Å². The second-order valence-electron chi connectivity index (χ2n) is 5.52. The van der Waals surface area contributed by atoms with Gasteiger partial charge in [0.05, 0.1) is 13.0 Å². The van der Waals surface area contributed by atoms with Crippen molar-refractivity contribution in [1.82, 2.24) is 0 Å². The molecule has 5 nitrogen and oxygen atoms in total. The summed E-state index contributed by atoms with van der Waals surface area (Å²) in [6.07, 6.45) is 2.35. The fourth-order valence-corrected chi connectivity index (χ4v) is 2.47. The average Bonchev–Trinajstić information content (AvgIpc) is 2.99. The summed E-state index contributed by atoms with van der Waals surface area (Å²) >= 11 is 1.50. The van der Waals surface area contributed by atoms with E-state index in [2.05, 4.69) is 13.8 Å². The van der Waals surface area contributed by atoms with Crippen molar-refractivity contribution < 1.29 is 18.7 Å². The number of rotatable bonds is 8. The molecule has 0 aliphatic heterocycles. The molecule has 2 heterocycles. The normalized spacial score (nSPS) is 10.7. The fourth-order valence-electron chi connectivity index (χ4n) is 1.78. The van der Waals surface area contributed by atoms with Gasteiger partial charge in [0.25, 0.3) is 0 Å². The van der Waals surface area contributed by atoms with Gasteiger partial charge in [0.2, 0.25) is 11.2 Å². The zero-order valence-electron chi connectivity index (χ0n) is 13.2. The number of carbonyl (C=O) groups is 1. The van der Waals surface area contributed by atoms with Crippen molar-refractivity contribution in [3.8, 4) is 5.75 Å². The molecule has 0 aliphatic rings. The molecule has 6 heteroatoms. The van der Waals surface area contributed by atoms with Gasteiger partial charge in [-0.1, -0.05) is 19.9 Å². The van der Waals surface area contributed by atoms with E-state index in [0.717, 1.165) is 11.3 Å². The summed E-state index contributed by atoms with van der Waals surface area (Å²) in [6, 6.07) is 5.04. The van der Waals surface area contributed by atoms with Crippen LogP contribution in [0.15, 0.2) is 39.1 Å². The highest BCUT2D eigenvalue weighted by molar-refractivity contribution is 7.10. The van der Waals surface area contributed by atoms with Crippen LogP contribution in [0.5, 0.6) is 5.75 Å². The van der Waals surface area contributed by atoms with Crippen LogP contribution in [0.2, 0.25) is 0 Å². The Hall–Kier alpha value is -2.08. The van der Waals surface area contributed by atoms with Crippen LogP contribution in [0, 0.1) is 5.92 Å². The summed E-state index contributed by atoms with van der Waals surface area (Å²) in [5.41, 5.74) is -0.274. The molecule has 0 saturated heterocycles. The summed E-state index contributed by atoms with van der Waals surface area (Å²) < 4.78 is 15.8. The van der Waals surface area contributed by atoms with Gasteiger partial charge in [-0.15, -0.1) is 11.3 Å². The molecule has 0 aromatic carbocycles. The van der Waals surface area contributed by atoms with Gasteiger partial charge >= 0.3 is 5.97 Å². The van der Waals surface area contributed by atoms with E-state index in [9.17, 15) is 9.59 Å². The Labute approximate surface area is 138 Å². The molecule has 0 fully saturated rings. The van der Waals surface area contributed by atoms with Crippen molar-refractivity contribution in [2.45, 2.75) is 33.3 Å². The summed E-state index contributed by atoms with van der Waals surface area (Å²) in [5, 5.41) is 1.90. The van der Waals surface area contributed by atoms with Crippen LogP contribution in [-0.2, 0) is 22.6 Å². The minimum Gasteiger partial charge on any atom is -0.487 e. The lowest BCUT2D eigenvalue weighted by atomic mass is 10.1. The summed E-state index contributed by atoms with van der Waals surface area (Å²) in [7, 11) is 0. The van der Waals surface area contributed by atoms with Gasteiger partial charge in [0, 0.05) is 10.9 Å².